The zero-order chi connectivity index (χ0) is 21.8. The molecule has 9 nitrogen and oxygen atoms in total. The number of aromatic nitrogens is 1. The lowest BCUT2D eigenvalue weighted by molar-refractivity contribution is 0.0393. The van der Waals surface area contributed by atoms with Crippen LogP contribution in [0.1, 0.15) is 22.0 Å². The normalized spacial score (nSPS) is 20.4. The Morgan fingerprint density at radius 1 is 1.13 bits per heavy atom. The Labute approximate surface area is 181 Å². The van der Waals surface area contributed by atoms with Crippen molar-refractivity contribution in [3.8, 4) is 0 Å². The van der Waals surface area contributed by atoms with Crippen LogP contribution in [0.3, 0.4) is 0 Å². The fourth-order valence-electron chi connectivity index (χ4n) is 3.73. The van der Waals surface area contributed by atoms with Gasteiger partial charge in [0.25, 0.3) is 0 Å². The van der Waals surface area contributed by atoms with Gasteiger partial charge in [-0.1, -0.05) is 30.3 Å². The van der Waals surface area contributed by atoms with Gasteiger partial charge >= 0.3 is 5.97 Å². The van der Waals surface area contributed by atoms with E-state index in [-0.39, 0.29) is 29.7 Å². The molecule has 0 aliphatic carbocycles. The smallest absolute Gasteiger partial charge is 0.339 e. The first kappa shape index (κ1) is 21.7. The van der Waals surface area contributed by atoms with E-state index in [4.69, 9.17) is 14.2 Å². The molecule has 1 unspecified atom stereocenters. The van der Waals surface area contributed by atoms with Crippen LogP contribution in [0, 0.1) is 0 Å². The van der Waals surface area contributed by atoms with Crippen LogP contribution in [0.15, 0.2) is 47.5 Å². The molecule has 1 aromatic heterocycles. The van der Waals surface area contributed by atoms with Crippen molar-refractivity contribution in [2.75, 3.05) is 58.0 Å². The number of sulfonamides is 1. The topological polar surface area (TPSA) is 98.3 Å². The lowest BCUT2D eigenvalue weighted by Crippen LogP contribution is -2.43. The number of hydrogen-bond donors (Lipinski definition) is 0. The van der Waals surface area contributed by atoms with Crippen LogP contribution in [0.4, 0.5) is 5.82 Å². The molecule has 4 rings (SSSR count). The van der Waals surface area contributed by atoms with E-state index in [1.165, 1.54) is 23.7 Å². The molecule has 2 saturated heterocycles. The number of anilines is 1. The fourth-order valence-corrected chi connectivity index (χ4v) is 5.33. The first-order valence-electron chi connectivity index (χ1n) is 10.1. The average Bonchev–Trinajstić information content (AvgIpc) is 2.84. The molecule has 166 valence electrons. The highest BCUT2D eigenvalue weighted by Gasteiger charge is 2.34. The second-order valence-electron chi connectivity index (χ2n) is 7.27. The fraction of sp³-hybridized carbons (Fsp3) is 0.429. The summed E-state index contributed by atoms with van der Waals surface area (Å²) in [5.74, 6) is -0.329. The second-order valence-corrected chi connectivity index (χ2v) is 9.18. The van der Waals surface area contributed by atoms with Gasteiger partial charge in [0.1, 0.15) is 16.8 Å². The van der Waals surface area contributed by atoms with Crippen LogP contribution in [0.5, 0.6) is 0 Å². The van der Waals surface area contributed by atoms with Crippen LogP contribution in [0.2, 0.25) is 0 Å². The minimum atomic E-state index is -3.89. The molecule has 0 spiro atoms. The largest absolute Gasteiger partial charge is 0.465 e. The number of benzene rings is 1. The molecule has 0 N–H and O–H groups in total. The van der Waals surface area contributed by atoms with Crippen LogP contribution < -0.4 is 4.90 Å². The Hall–Kier alpha value is -2.53. The summed E-state index contributed by atoms with van der Waals surface area (Å²) in [5.41, 5.74) is 1.10. The van der Waals surface area contributed by atoms with Crippen molar-refractivity contribution in [3.63, 3.8) is 0 Å². The van der Waals surface area contributed by atoms with Crippen molar-refractivity contribution in [2.45, 2.75) is 11.0 Å². The number of rotatable bonds is 5. The molecule has 2 aromatic rings. The van der Waals surface area contributed by atoms with Gasteiger partial charge in [-0.15, -0.1) is 0 Å². The predicted molar refractivity (Wildman–Crippen MR) is 113 cm³/mol. The van der Waals surface area contributed by atoms with E-state index >= 15 is 0 Å². The third-order valence-electron chi connectivity index (χ3n) is 5.38. The molecule has 0 radical (unpaired) electrons. The molecule has 1 atom stereocenters. The molecule has 10 heteroatoms. The molecule has 2 aliphatic heterocycles. The molecule has 0 bridgehead atoms. The third kappa shape index (κ3) is 4.57. The van der Waals surface area contributed by atoms with Gasteiger partial charge in [0.05, 0.1) is 32.5 Å². The van der Waals surface area contributed by atoms with E-state index in [1.807, 2.05) is 35.2 Å². The molecule has 2 aliphatic rings. The Balaban J connectivity index is 1.72. The van der Waals surface area contributed by atoms with Crippen molar-refractivity contribution < 1.29 is 27.4 Å². The van der Waals surface area contributed by atoms with Gasteiger partial charge in [0.2, 0.25) is 10.0 Å². The monoisotopic (exact) mass is 447 g/mol. The molecule has 3 heterocycles. The van der Waals surface area contributed by atoms with Gasteiger partial charge in [-0.3, -0.25) is 0 Å². The Kier molecular flexibility index (Phi) is 6.51. The van der Waals surface area contributed by atoms with E-state index in [0.717, 1.165) is 5.56 Å². The molecule has 0 amide bonds. The summed E-state index contributed by atoms with van der Waals surface area (Å²) in [6, 6.07) is 11.1. The van der Waals surface area contributed by atoms with E-state index in [2.05, 4.69) is 4.98 Å². The SMILES string of the molecule is COC(=O)c1cnc(N2CCOC(c3ccccc3)C2)c(S(=O)(=O)N2CCOCC2)c1. The number of methoxy groups -OCH3 is 1. The highest BCUT2D eigenvalue weighted by molar-refractivity contribution is 7.89. The van der Waals surface area contributed by atoms with Gasteiger partial charge in [0.15, 0.2) is 0 Å². The second kappa shape index (κ2) is 9.31. The highest BCUT2D eigenvalue weighted by atomic mass is 32.2. The Morgan fingerprint density at radius 3 is 2.58 bits per heavy atom. The zero-order valence-corrected chi connectivity index (χ0v) is 18.1. The number of esters is 1. The van der Waals surface area contributed by atoms with E-state index < -0.39 is 16.0 Å². The van der Waals surface area contributed by atoms with Crippen molar-refractivity contribution in [3.05, 3.63) is 53.7 Å². The van der Waals surface area contributed by atoms with E-state index in [1.54, 1.807) is 0 Å². The summed E-state index contributed by atoms with van der Waals surface area (Å²) >= 11 is 0. The molecule has 1 aromatic carbocycles. The van der Waals surface area contributed by atoms with Crippen molar-refractivity contribution in [1.29, 1.82) is 0 Å². The summed E-state index contributed by atoms with van der Waals surface area (Å²) in [5, 5.41) is 0. The summed E-state index contributed by atoms with van der Waals surface area (Å²) in [7, 11) is -2.64. The van der Waals surface area contributed by atoms with Crippen LogP contribution in [-0.4, -0.2) is 76.8 Å². The number of pyridine rings is 1. The van der Waals surface area contributed by atoms with Crippen LogP contribution >= 0.6 is 0 Å². The minimum Gasteiger partial charge on any atom is -0.465 e. The van der Waals surface area contributed by atoms with Gasteiger partial charge < -0.3 is 19.1 Å². The molecule has 2 fully saturated rings. The average molecular weight is 448 g/mol. The van der Waals surface area contributed by atoms with E-state index in [0.29, 0.717) is 38.7 Å². The first-order valence-corrected chi connectivity index (χ1v) is 11.5. The lowest BCUT2D eigenvalue weighted by Gasteiger charge is -2.35. The van der Waals surface area contributed by atoms with Crippen LogP contribution in [0.25, 0.3) is 0 Å². The predicted octanol–water partition coefficient (Wildman–Crippen LogP) is 1.47. The summed E-state index contributed by atoms with van der Waals surface area (Å²) < 4.78 is 44.3. The quantitative estimate of drug-likeness (QED) is 0.636. The summed E-state index contributed by atoms with van der Waals surface area (Å²) in [6.07, 6.45) is 1.14. The third-order valence-corrected chi connectivity index (χ3v) is 7.28. The van der Waals surface area contributed by atoms with Gasteiger partial charge in [-0.05, 0) is 11.6 Å². The number of hydrogen-bond acceptors (Lipinski definition) is 8. The maximum Gasteiger partial charge on any atom is 0.339 e. The number of ether oxygens (including phenoxy) is 3. The number of morpholine rings is 2. The Bertz CT molecular complexity index is 1020. The van der Waals surface area contributed by atoms with Crippen LogP contribution in [-0.2, 0) is 24.2 Å². The van der Waals surface area contributed by atoms with E-state index in [9.17, 15) is 13.2 Å². The van der Waals surface area contributed by atoms with Gasteiger partial charge in [-0.2, -0.15) is 4.31 Å². The molecular formula is C21H25N3O6S. The summed E-state index contributed by atoms with van der Waals surface area (Å²) in [6.45, 7) is 2.51. The molecular weight excluding hydrogens is 422 g/mol. The lowest BCUT2D eigenvalue weighted by atomic mass is 10.1. The van der Waals surface area contributed by atoms with Gasteiger partial charge in [-0.25, -0.2) is 18.2 Å². The van der Waals surface area contributed by atoms with Crippen molar-refractivity contribution >= 4 is 21.8 Å². The minimum absolute atomic E-state index is 0.00832. The number of nitrogens with zero attached hydrogens (tertiary/aromatic N) is 3. The standard InChI is InChI=1S/C21H25N3O6S/c1-28-21(25)17-13-19(31(26,27)24-8-10-29-11-9-24)20(22-14-17)23-7-12-30-18(15-23)16-5-3-2-4-6-16/h2-6,13-14,18H,7-12,15H2,1H3. The van der Waals surface area contributed by atoms with Crippen molar-refractivity contribution in [2.24, 2.45) is 0 Å². The maximum absolute atomic E-state index is 13.5. The highest BCUT2D eigenvalue weighted by Crippen LogP contribution is 2.31. The number of carbonyl (C=O) groups excluding carboxylic acids is 1. The Morgan fingerprint density at radius 2 is 1.87 bits per heavy atom. The summed E-state index contributed by atoms with van der Waals surface area (Å²) in [4.78, 5) is 18.4. The molecule has 31 heavy (non-hydrogen) atoms. The number of carbonyl (C=O) groups is 1. The maximum atomic E-state index is 13.5. The zero-order valence-electron chi connectivity index (χ0n) is 17.3. The first-order chi connectivity index (χ1) is 15.0. The van der Waals surface area contributed by atoms with Gasteiger partial charge in [0, 0.05) is 32.4 Å². The van der Waals surface area contributed by atoms with Crippen molar-refractivity contribution in [1.82, 2.24) is 9.29 Å². The molecule has 0 saturated carbocycles.